The van der Waals surface area contributed by atoms with Gasteiger partial charge in [-0.3, -0.25) is 9.59 Å². The van der Waals surface area contributed by atoms with Crippen LogP contribution in [-0.4, -0.2) is 94.4 Å². The number of nitrogens with zero attached hydrogens (tertiary/aromatic N) is 2. The van der Waals surface area contributed by atoms with Gasteiger partial charge in [-0.15, -0.1) is 0 Å². The van der Waals surface area contributed by atoms with Gasteiger partial charge in [-0.1, -0.05) is 6.58 Å². The van der Waals surface area contributed by atoms with E-state index in [2.05, 4.69) is 22.2 Å². The second kappa shape index (κ2) is 19.0. The van der Waals surface area contributed by atoms with Gasteiger partial charge in [0.2, 0.25) is 17.8 Å². The molecular weight excluding hydrogens is 573 g/mol. The lowest BCUT2D eigenvalue weighted by Gasteiger charge is -2.32. The number of nitrogens with two attached hydrogens (primary N) is 1. The van der Waals surface area contributed by atoms with Crippen molar-refractivity contribution in [3.63, 3.8) is 0 Å². The Labute approximate surface area is 258 Å². The van der Waals surface area contributed by atoms with E-state index in [0.717, 1.165) is 17.8 Å². The van der Waals surface area contributed by atoms with E-state index in [4.69, 9.17) is 29.4 Å². The van der Waals surface area contributed by atoms with Crippen molar-refractivity contribution in [1.29, 1.82) is 0 Å². The summed E-state index contributed by atoms with van der Waals surface area (Å²) >= 11 is 0. The third kappa shape index (κ3) is 11.5. The Balaban J connectivity index is 1.28. The third-order valence-electron chi connectivity index (χ3n) is 7.27. The van der Waals surface area contributed by atoms with Crippen LogP contribution in [0.15, 0.2) is 30.9 Å². The number of halogens is 1. The zero-order chi connectivity index (χ0) is 31.7. The molecule has 0 aliphatic carbocycles. The van der Waals surface area contributed by atoms with Gasteiger partial charge in [-0.05, 0) is 55.5 Å². The van der Waals surface area contributed by atoms with Gasteiger partial charge in [0, 0.05) is 37.7 Å². The number of amides is 2. The Bertz CT molecular complexity index is 1210. The molecule has 244 valence electrons. The molecule has 0 saturated carbocycles. The van der Waals surface area contributed by atoms with Crippen molar-refractivity contribution >= 4 is 17.8 Å². The van der Waals surface area contributed by atoms with E-state index >= 15 is 0 Å². The molecule has 12 nitrogen and oxygen atoms in total. The maximum absolute atomic E-state index is 14.5. The first-order valence-corrected chi connectivity index (χ1v) is 14.9. The molecule has 2 atom stereocenters. The summed E-state index contributed by atoms with van der Waals surface area (Å²) in [4.78, 5) is 28.3. The zero-order valence-corrected chi connectivity index (χ0v) is 25.8. The highest BCUT2D eigenvalue weighted by atomic mass is 19.1. The highest BCUT2D eigenvalue weighted by Crippen LogP contribution is 2.38. The molecule has 4 N–H and O–H groups in total. The molecule has 1 aromatic heterocycles. The molecule has 2 amide bonds. The number of methoxy groups -OCH3 is 1. The van der Waals surface area contributed by atoms with Crippen LogP contribution >= 0.6 is 0 Å². The summed E-state index contributed by atoms with van der Waals surface area (Å²) in [6, 6.07) is 4.75. The second-order valence-electron chi connectivity index (χ2n) is 10.5. The number of aryl methyl sites for hydroxylation is 1. The number of anilines is 1. The molecule has 0 radical (unpaired) electrons. The average Bonchev–Trinajstić information content (AvgIpc) is 3.30. The summed E-state index contributed by atoms with van der Waals surface area (Å²) in [5.41, 5.74) is 8.58. The van der Waals surface area contributed by atoms with Crippen LogP contribution in [0.25, 0.3) is 0 Å². The van der Waals surface area contributed by atoms with Gasteiger partial charge >= 0.3 is 0 Å². The van der Waals surface area contributed by atoms with Crippen molar-refractivity contribution in [2.75, 3.05) is 78.8 Å². The SMILES string of the molecule is C=CC(=O)NCCOCCOCCOCCOCCNC(=O)C[C@H]1C[C@@H](Cc2cc(OC)ccc2F)Cn2c(N)nc(C)c21. The van der Waals surface area contributed by atoms with Crippen molar-refractivity contribution in [3.8, 4) is 5.75 Å². The van der Waals surface area contributed by atoms with E-state index in [1.54, 1.807) is 19.2 Å². The number of hydrogen-bond donors (Lipinski definition) is 3. The maximum Gasteiger partial charge on any atom is 0.243 e. The summed E-state index contributed by atoms with van der Waals surface area (Å²) in [6.45, 7) is 10.0. The number of carbonyl (C=O) groups excluding carboxylic acids is 2. The molecule has 1 aromatic carbocycles. The van der Waals surface area contributed by atoms with Gasteiger partial charge in [0.15, 0.2) is 0 Å². The predicted molar refractivity (Wildman–Crippen MR) is 163 cm³/mol. The average molecular weight is 620 g/mol. The topological polar surface area (TPSA) is 148 Å². The van der Waals surface area contributed by atoms with E-state index in [-0.39, 0.29) is 35.9 Å². The molecule has 2 heterocycles. The minimum atomic E-state index is -0.273. The van der Waals surface area contributed by atoms with Crippen LogP contribution in [0.3, 0.4) is 0 Å². The summed E-state index contributed by atoms with van der Waals surface area (Å²) in [7, 11) is 1.56. The lowest BCUT2D eigenvalue weighted by molar-refractivity contribution is -0.122. The van der Waals surface area contributed by atoms with Gasteiger partial charge in [0.05, 0.1) is 65.7 Å². The second-order valence-corrected chi connectivity index (χ2v) is 10.5. The quantitative estimate of drug-likeness (QED) is 0.141. The molecule has 2 aromatic rings. The van der Waals surface area contributed by atoms with E-state index in [9.17, 15) is 14.0 Å². The Hall–Kier alpha value is -3.52. The third-order valence-corrected chi connectivity index (χ3v) is 7.27. The van der Waals surface area contributed by atoms with Crippen molar-refractivity contribution in [2.45, 2.75) is 38.6 Å². The standard InChI is InChI=1S/C31H46FN5O7/c1-4-28(38)34-7-9-41-11-13-43-15-16-44-14-12-42-10-8-35-29(39)20-25-18-23(21-37-30(25)22(2)36-31(37)33)17-24-19-26(40-3)5-6-27(24)32/h4-6,19,23,25H,1,7-18,20-21H2,2-3H3,(H2,33,36)(H,34,38)(H,35,39)/t23-,25-/m1/s1. The number of benzene rings is 1. The van der Waals surface area contributed by atoms with E-state index in [0.29, 0.717) is 96.2 Å². The molecule has 0 saturated heterocycles. The Kier molecular flexibility index (Phi) is 15.1. The van der Waals surface area contributed by atoms with Crippen molar-refractivity contribution in [2.24, 2.45) is 5.92 Å². The largest absolute Gasteiger partial charge is 0.497 e. The number of aromatic nitrogens is 2. The number of rotatable bonds is 21. The Morgan fingerprint density at radius 2 is 1.66 bits per heavy atom. The maximum atomic E-state index is 14.5. The summed E-state index contributed by atoms with van der Waals surface area (Å²) in [5.74, 6) is 0.442. The minimum absolute atomic E-state index is 0.0830. The lowest BCUT2D eigenvalue weighted by atomic mass is 9.82. The molecule has 1 aliphatic heterocycles. The summed E-state index contributed by atoms with van der Waals surface area (Å²) in [5, 5.41) is 5.55. The van der Waals surface area contributed by atoms with Crippen LogP contribution in [-0.2, 0) is 41.5 Å². The predicted octanol–water partition coefficient (Wildman–Crippen LogP) is 2.14. The van der Waals surface area contributed by atoms with Crippen LogP contribution < -0.4 is 21.1 Å². The van der Waals surface area contributed by atoms with Gasteiger partial charge in [0.1, 0.15) is 11.6 Å². The molecular formula is C31H46FN5O7. The fourth-order valence-corrected chi connectivity index (χ4v) is 5.27. The highest BCUT2D eigenvalue weighted by Gasteiger charge is 2.32. The van der Waals surface area contributed by atoms with Crippen LogP contribution in [0.4, 0.5) is 10.3 Å². The molecule has 0 fully saturated rings. The van der Waals surface area contributed by atoms with Crippen molar-refractivity contribution < 1.29 is 37.7 Å². The van der Waals surface area contributed by atoms with Gasteiger partial charge in [-0.25, -0.2) is 9.37 Å². The molecule has 1 aliphatic rings. The van der Waals surface area contributed by atoms with Crippen molar-refractivity contribution in [3.05, 3.63) is 53.6 Å². The molecule has 0 unspecified atom stereocenters. The monoisotopic (exact) mass is 619 g/mol. The molecule has 0 bridgehead atoms. The number of carbonyl (C=O) groups is 2. The van der Waals surface area contributed by atoms with Gasteiger partial charge < -0.3 is 44.6 Å². The summed E-state index contributed by atoms with van der Waals surface area (Å²) < 4.78 is 43.6. The zero-order valence-electron chi connectivity index (χ0n) is 25.8. The number of imidazole rings is 1. The van der Waals surface area contributed by atoms with Crippen LogP contribution in [0.2, 0.25) is 0 Å². The first-order valence-electron chi connectivity index (χ1n) is 14.9. The van der Waals surface area contributed by atoms with E-state index in [1.807, 2.05) is 11.5 Å². The molecule has 3 rings (SSSR count). The summed E-state index contributed by atoms with van der Waals surface area (Å²) in [6.07, 6.45) is 2.72. The fourth-order valence-electron chi connectivity index (χ4n) is 5.27. The number of hydrogen-bond acceptors (Lipinski definition) is 9. The molecule has 13 heteroatoms. The van der Waals surface area contributed by atoms with Gasteiger partial charge in [0.25, 0.3) is 0 Å². The van der Waals surface area contributed by atoms with Crippen LogP contribution in [0.1, 0.15) is 35.7 Å². The fraction of sp³-hybridized carbons (Fsp3) is 0.581. The first-order chi connectivity index (χ1) is 21.3. The molecule has 44 heavy (non-hydrogen) atoms. The van der Waals surface area contributed by atoms with Crippen LogP contribution in [0, 0.1) is 18.7 Å². The number of ether oxygens (including phenoxy) is 5. The minimum Gasteiger partial charge on any atom is -0.497 e. The Morgan fingerprint density at radius 3 is 2.27 bits per heavy atom. The molecule has 0 spiro atoms. The number of fused-ring (bicyclic) bond motifs is 1. The highest BCUT2D eigenvalue weighted by molar-refractivity contribution is 5.86. The van der Waals surface area contributed by atoms with E-state index < -0.39 is 0 Å². The number of nitrogens with one attached hydrogen (secondary N) is 2. The lowest BCUT2D eigenvalue weighted by Crippen LogP contribution is -2.32. The number of nitrogen functional groups attached to an aromatic ring is 1. The normalized spacial score (nSPS) is 15.9. The van der Waals surface area contributed by atoms with Crippen LogP contribution in [0.5, 0.6) is 5.75 Å². The van der Waals surface area contributed by atoms with E-state index in [1.165, 1.54) is 12.1 Å². The first kappa shape index (κ1) is 35.0. The van der Waals surface area contributed by atoms with Gasteiger partial charge in [-0.2, -0.15) is 0 Å². The smallest absolute Gasteiger partial charge is 0.243 e. The Morgan fingerprint density at radius 1 is 1.05 bits per heavy atom. The van der Waals surface area contributed by atoms with Crippen molar-refractivity contribution in [1.82, 2.24) is 20.2 Å².